The molecule has 0 radical (unpaired) electrons. The summed E-state index contributed by atoms with van der Waals surface area (Å²) in [6, 6.07) is 8.83. The number of carbonyl (C=O) groups is 1. The second-order valence-electron chi connectivity index (χ2n) is 4.20. The van der Waals surface area contributed by atoms with Crippen molar-refractivity contribution in [2.45, 2.75) is 6.61 Å². The van der Waals surface area contributed by atoms with Crippen molar-refractivity contribution in [1.82, 2.24) is 0 Å². The van der Waals surface area contributed by atoms with Gasteiger partial charge in [-0.2, -0.15) is 0 Å². The van der Waals surface area contributed by atoms with Crippen molar-refractivity contribution in [3.05, 3.63) is 57.8 Å². The molecule has 0 fully saturated rings. The maximum Gasteiger partial charge on any atom is 0.340 e. The van der Waals surface area contributed by atoms with Crippen LogP contribution in [0, 0.1) is 5.82 Å². The quantitative estimate of drug-likeness (QED) is 0.665. The third kappa shape index (κ3) is 3.48. The van der Waals surface area contributed by atoms with Crippen LogP contribution in [0.4, 0.5) is 15.8 Å². The molecule has 0 saturated carbocycles. The zero-order chi connectivity index (χ0) is 14.7. The van der Waals surface area contributed by atoms with Crippen molar-refractivity contribution in [3.63, 3.8) is 0 Å². The Morgan fingerprint density at radius 1 is 1.20 bits per heavy atom. The van der Waals surface area contributed by atoms with Crippen molar-refractivity contribution < 1.29 is 13.9 Å². The zero-order valence-electron chi connectivity index (χ0n) is 10.4. The maximum absolute atomic E-state index is 13.2. The highest BCUT2D eigenvalue weighted by atomic mass is 79.9. The second-order valence-corrected chi connectivity index (χ2v) is 5.12. The van der Waals surface area contributed by atoms with E-state index in [2.05, 4.69) is 15.9 Å². The molecule has 2 aromatic carbocycles. The molecule has 20 heavy (non-hydrogen) atoms. The fourth-order valence-corrected chi connectivity index (χ4v) is 2.20. The monoisotopic (exact) mass is 338 g/mol. The Labute approximate surface area is 123 Å². The van der Waals surface area contributed by atoms with Crippen LogP contribution in [0.25, 0.3) is 0 Å². The molecule has 4 N–H and O–H groups in total. The van der Waals surface area contributed by atoms with E-state index >= 15 is 0 Å². The van der Waals surface area contributed by atoms with E-state index in [1.165, 1.54) is 24.3 Å². The minimum Gasteiger partial charge on any atom is -0.457 e. The molecule has 0 aliphatic heterocycles. The van der Waals surface area contributed by atoms with Crippen LogP contribution < -0.4 is 11.5 Å². The van der Waals surface area contributed by atoms with Crippen molar-refractivity contribution >= 4 is 33.3 Å². The van der Waals surface area contributed by atoms with E-state index in [0.717, 1.165) is 0 Å². The van der Waals surface area contributed by atoms with Gasteiger partial charge in [0.2, 0.25) is 0 Å². The van der Waals surface area contributed by atoms with Gasteiger partial charge in [0.25, 0.3) is 0 Å². The summed E-state index contributed by atoms with van der Waals surface area (Å²) in [7, 11) is 0. The zero-order valence-corrected chi connectivity index (χ0v) is 12.0. The molecule has 0 aliphatic carbocycles. The Hall–Kier alpha value is -2.08. The van der Waals surface area contributed by atoms with Gasteiger partial charge >= 0.3 is 5.97 Å². The van der Waals surface area contributed by atoms with E-state index in [1.807, 2.05) is 0 Å². The number of halogens is 2. The lowest BCUT2D eigenvalue weighted by atomic mass is 10.1. The van der Waals surface area contributed by atoms with Gasteiger partial charge in [0.15, 0.2) is 0 Å². The predicted octanol–water partition coefficient (Wildman–Crippen LogP) is 3.11. The second kappa shape index (κ2) is 5.92. The first-order chi connectivity index (χ1) is 9.45. The van der Waals surface area contributed by atoms with Crippen molar-refractivity contribution in [1.29, 1.82) is 0 Å². The molecule has 0 atom stereocenters. The number of nitrogens with two attached hydrogens (primary N) is 2. The summed E-state index contributed by atoms with van der Waals surface area (Å²) in [6.07, 6.45) is 0. The Bertz CT molecular complexity index is 641. The Morgan fingerprint density at radius 3 is 2.60 bits per heavy atom. The summed E-state index contributed by atoms with van der Waals surface area (Å²) >= 11 is 3.17. The SMILES string of the molecule is Nc1ccc(C(=O)OCc2cc(F)cc(Br)c2)c(N)c1. The molecule has 0 bridgehead atoms. The highest BCUT2D eigenvalue weighted by Crippen LogP contribution is 2.19. The van der Waals surface area contributed by atoms with E-state index in [4.69, 9.17) is 16.2 Å². The first kappa shape index (κ1) is 14.3. The number of ether oxygens (including phenoxy) is 1. The lowest BCUT2D eigenvalue weighted by Crippen LogP contribution is -2.08. The van der Waals surface area contributed by atoms with Gasteiger partial charge in [-0.05, 0) is 42.0 Å². The normalized spacial score (nSPS) is 10.3. The van der Waals surface area contributed by atoms with E-state index in [9.17, 15) is 9.18 Å². The molecule has 0 aromatic heterocycles. The van der Waals surface area contributed by atoms with Gasteiger partial charge in [0, 0.05) is 15.8 Å². The lowest BCUT2D eigenvalue weighted by Gasteiger charge is -2.08. The van der Waals surface area contributed by atoms with E-state index in [1.54, 1.807) is 12.1 Å². The van der Waals surface area contributed by atoms with Crippen LogP contribution in [0.2, 0.25) is 0 Å². The summed E-state index contributed by atoms with van der Waals surface area (Å²) in [5.74, 6) is -0.986. The summed E-state index contributed by atoms with van der Waals surface area (Å²) in [5, 5.41) is 0. The molecule has 104 valence electrons. The minimum absolute atomic E-state index is 0.0426. The molecule has 0 heterocycles. The Balaban J connectivity index is 2.08. The first-order valence-electron chi connectivity index (χ1n) is 5.73. The van der Waals surface area contributed by atoms with Crippen LogP contribution in [0.1, 0.15) is 15.9 Å². The minimum atomic E-state index is -0.581. The fraction of sp³-hybridized carbons (Fsp3) is 0.0714. The summed E-state index contributed by atoms with van der Waals surface area (Å²) < 4.78 is 18.9. The van der Waals surface area contributed by atoms with Gasteiger partial charge in [-0.25, -0.2) is 9.18 Å². The van der Waals surface area contributed by atoms with Gasteiger partial charge in [-0.3, -0.25) is 0 Å². The Kier molecular flexibility index (Phi) is 4.24. The third-order valence-electron chi connectivity index (χ3n) is 2.59. The number of rotatable bonds is 3. The lowest BCUT2D eigenvalue weighted by molar-refractivity contribution is 0.0473. The van der Waals surface area contributed by atoms with Crippen molar-refractivity contribution in [3.8, 4) is 0 Å². The molecule has 0 unspecified atom stereocenters. The topological polar surface area (TPSA) is 78.3 Å². The van der Waals surface area contributed by atoms with Crippen LogP contribution in [-0.2, 0) is 11.3 Å². The van der Waals surface area contributed by atoms with Gasteiger partial charge in [0.05, 0.1) is 5.56 Å². The highest BCUT2D eigenvalue weighted by Gasteiger charge is 2.12. The summed E-state index contributed by atoms with van der Waals surface area (Å²) in [5.41, 5.74) is 12.7. The number of nitrogen functional groups attached to an aromatic ring is 2. The number of carbonyl (C=O) groups excluding carboxylic acids is 1. The molecule has 0 saturated heterocycles. The highest BCUT2D eigenvalue weighted by molar-refractivity contribution is 9.10. The number of benzene rings is 2. The van der Waals surface area contributed by atoms with E-state index < -0.39 is 11.8 Å². The fourth-order valence-electron chi connectivity index (χ4n) is 1.69. The van der Waals surface area contributed by atoms with Crippen LogP contribution >= 0.6 is 15.9 Å². The van der Waals surface area contributed by atoms with Gasteiger partial charge in [-0.1, -0.05) is 15.9 Å². The predicted molar refractivity (Wildman–Crippen MR) is 78.5 cm³/mol. The van der Waals surface area contributed by atoms with Crippen LogP contribution in [0.5, 0.6) is 0 Å². The van der Waals surface area contributed by atoms with E-state index in [0.29, 0.717) is 15.7 Å². The summed E-state index contributed by atoms with van der Waals surface area (Å²) in [4.78, 5) is 11.9. The molecule has 4 nitrogen and oxygen atoms in total. The number of hydrogen-bond donors (Lipinski definition) is 2. The van der Waals surface area contributed by atoms with Crippen molar-refractivity contribution in [2.75, 3.05) is 11.5 Å². The molecule has 0 spiro atoms. The third-order valence-corrected chi connectivity index (χ3v) is 3.05. The molecule has 0 aliphatic rings. The summed E-state index contributed by atoms with van der Waals surface area (Å²) in [6.45, 7) is -0.0426. The van der Waals surface area contributed by atoms with Crippen LogP contribution in [-0.4, -0.2) is 5.97 Å². The van der Waals surface area contributed by atoms with Crippen LogP contribution in [0.15, 0.2) is 40.9 Å². The average molecular weight is 339 g/mol. The van der Waals surface area contributed by atoms with Gasteiger partial charge in [0.1, 0.15) is 12.4 Å². The molecule has 6 heteroatoms. The molecular formula is C14H12BrFN2O2. The maximum atomic E-state index is 13.2. The van der Waals surface area contributed by atoms with E-state index in [-0.39, 0.29) is 17.9 Å². The standard InChI is InChI=1S/C14H12BrFN2O2/c15-9-3-8(4-10(16)5-9)7-20-14(19)12-2-1-11(17)6-13(12)18/h1-6H,7,17-18H2. The van der Waals surface area contributed by atoms with Gasteiger partial charge < -0.3 is 16.2 Å². The van der Waals surface area contributed by atoms with Crippen molar-refractivity contribution in [2.24, 2.45) is 0 Å². The number of hydrogen-bond acceptors (Lipinski definition) is 4. The smallest absolute Gasteiger partial charge is 0.340 e. The molecular weight excluding hydrogens is 327 g/mol. The molecule has 2 rings (SSSR count). The first-order valence-corrected chi connectivity index (χ1v) is 6.52. The van der Waals surface area contributed by atoms with Gasteiger partial charge in [-0.15, -0.1) is 0 Å². The molecule has 2 aromatic rings. The average Bonchev–Trinajstić information content (AvgIpc) is 2.35. The Morgan fingerprint density at radius 2 is 1.95 bits per heavy atom. The molecule has 0 amide bonds. The van der Waals surface area contributed by atoms with Crippen LogP contribution in [0.3, 0.4) is 0 Å². The number of esters is 1. The number of anilines is 2. The largest absolute Gasteiger partial charge is 0.457 e.